The third-order valence-corrected chi connectivity index (χ3v) is 5.72. The Hall–Kier alpha value is -1.91. The van der Waals surface area contributed by atoms with E-state index in [1.165, 1.54) is 32.4 Å². The fraction of sp³-hybridized carbons (Fsp3) is 0.500. The van der Waals surface area contributed by atoms with Gasteiger partial charge < -0.3 is 4.90 Å². The van der Waals surface area contributed by atoms with Crippen LogP contribution in [0, 0.1) is 0 Å². The number of carbonyl (C=O) groups is 1. The van der Waals surface area contributed by atoms with Crippen molar-refractivity contribution in [2.75, 3.05) is 39.4 Å². The summed E-state index contributed by atoms with van der Waals surface area (Å²) < 4.78 is 0. The van der Waals surface area contributed by atoms with Gasteiger partial charge in [0.25, 0.3) is 5.91 Å². The Balaban J connectivity index is 1.52. The summed E-state index contributed by atoms with van der Waals surface area (Å²) in [6.45, 7) is 8.46. The number of unbranched alkanes of at least 4 members (excludes halogenated alkanes) is 1. The van der Waals surface area contributed by atoms with Crippen LogP contribution in [0.15, 0.2) is 42.5 Å². The molecule has 1 amide bonds. The molecule has 2 saturated heterocycles. The van der Waals surface area contributed by atoms with Crippen LogP contribution in [0.25, 0.3) is 10.8 Å². The lowest BCUT2D eigenvalue weighted by Crippen LogP contribution is -2.55. The fourth-order valence-corrected chi connectivity index (χ4v) is 4.03. The van der Waals surface area contributed by atoms with Crippen LogP contribution in [0.5, 0.6) is 0 Å². The molecule has 2 fully saturated rings. The minimum atomic E-state index is 0.190. The van der Waals surface area contributed by atoms with Gasteiger partial charge in [0, 0.05) is 44.3 Å². The first-order chi connectivity index (χ1) is 12.8. The second kappa shape index (κ2) is 7.77. The third kappa shape index (κ3) is 3.76. The van der Waals surface area contributed by atoms with Crippen molar-refractivity contribution in [2.45, 2.75) is 32.2 Å². The van der Waals surface area contributed by atoms with E-state index >= 15 is 0 Å². The zero-order valence-corrected chi connectivity index (χ0v) is 15.7. The molecule has 2 heterocycles. The van der Waals surface area contributed by atoms with Gasteiger partial charge in [-0.1, -0.05) is 56.2 Å². The van der Waals surface area contributed by atoms with E-state index in [1.54, 1.807) is 0 Å². The SMILES string of the molecule is CCCC[C@H]1CN(C(=O)c2cccc3ccccc23)CCN1CN1CC1. The molecule has 2 aliphatic heterocycles. The van der Waals surface area contributed by atoms with Crippen LogP contribution in [-0.2, 0) is 0 Å². The second-order valence-electron chi connectivity index (χ2n) is 7.65. The highest BCUT2D eigenvalue weighted by Gasteiger charge is 2.32. The molecule has 4 nitrogen and oxygen atoms in total. The van der Waals surface area contributed by atoms with Gasteiger partial charge in [0.15, 0.2) is 0 Å². The molecule has 0 saturated carbocycles. The quantitative estimate of drug-likeness (QED) is 0.746. The van der Waals surface area contributed by atoms with Crippen molar-refractivity contribution in [3.8, 4) is 0 Å². The molecule has 0 aromatic heterocycles. The summed E-state index contributed by atoms with van der Waals surface area (Å²) in [6, 6.07) is 14.7. The van der Waals surface area contributed by atoms with Crippen molar-refractivity contribution in [2.24, 2.45) is 0 Å². The lowest BCUT2D eigenvalue weighted by Gasteiger charge is -2.42. The highest BCUT2D eigenvalue weighted by atomic mass is 16.2. The molecule has 0 unspecified atom stereocenters. The lowest BCUT2D eigenvalue weighted by molar-refractivity contribution is 0.0372. The summed E-state index contributed by atoms with van der Waals surface area (Å²) in [4.78, 5) is 20.4. The van der Waals surface area contributed by atoms with E-state index in [-0.39, 0.29) is 5.91 Å². The van der Waals surface area contributed by atoms with E-state index in [4.69, 9.17) is 0 Å². The third-order valence-electron chi connectivity index (χ3n) is 5.72. The predicted molar refractivity (Wildman–Crippen MR) is 106 cm³/mol. The molecule has 0 aliphatic carbocycles. The zero-order chi connectivity index (χ0) is 17.9. The molecule has 0 spiro atoms. The van der Waals surface area contributed by atoms with Crippen molar-refractivity contribution in [1.29, 1.82) is 0 Å². The average molecular weight is 351 g/mol. The van der Waals surface area contributed by atoms with Gasteiger partial charge in [-0.25, -0.2) is 0 Å². The van der Waals surface area contributed by atoms with Gasteiger partial charge in [-0.05, 0) is 23.3 Å². The minimum absolute atomic E-state index is 0.190. The summed E-state index contributed by atoms with van der Waals surface area (Å²) in [7, 11) is 0. The molecule has 0 N–H and O–H groups in total. The van der Waals surface area contributed by atoms with Crippen molar-refractivity contribution in [3.63, 3.8) is 0 Å². The summed E-state index contributed by atoms with van der Waals surface area (Å²) in [5.74, 6) is 0.190. The Morgan fingerprint density at radius 1 is 1.04 bits per heavy atom. The second-order valence-corrected chi connectivity index (χ2v) is 7.65. The first-order valence-electron chi connectivity index (χ1n) is 9.99. The molecule has 4 heteroatoms. The minimum Gasteiger partial charge on any atom is -0.336 e. The largest absolute Gasteiger partial charge is 0.336 e. The smallest absolute Gasteiger partial charge is 0.254 e. The standard InChI is InChI=1S/C22H29N3O/c1-2-3-9-19-16-24(14-15-25(19)17-23-12-13-23)22(26)21-11-6-8-18-7-4-5-10-20(18)21/h4-8,10-11,19H,2-3,9,12-17H2,1H3/t19-/m0/s1. The highest BCUT2D eigenvalue weighted by Crippen LogP contribution is 2.23. The molecule has 0 radical (unpaired) electrons. The van der Waals surface area contributed by atoms with Crippen LogP contribution in [0.2, 0.25) is 0 Å². The number of benzene rings is 2. The van der Waals surface area contributed by atoms with Crippen LogP contribution in [0.1, 0.15) is 36.5 Å². The topological polar surface area (TPSA) is 26.6 Å². The summed E-state index contributed by atoms with van der Waals surface area (Å²) >= 11 is 0. The maximum absolute atomic E-state index is 13.3. The lowest BCUT2D eigenvalue weighted by atomic mass is 10.0. The highest BCUT2D eigenvalue weighted by molar-refractivity contribution is 6.07. The Kier molecular flexibility index (Phi) is 5.23. The molecule has 2 aromatic carbocycles. The number of rotatable bonds is 6. The van der Waals surface area contributed by atoms with Gasteiger partial charge >= 0.3 is 0 Å². The van der Waals surface area contributed by atoms with Crippen molar-refractivity contribution in [3.05, 3.63) is 48.0 Å². The first-order valence-corrected chi connectivity index (χ1v) is 9.99. The van der Waals surface area contributed by atoms with Gasteiger partial charge in [0.2, 0.25) is 0 Å². The average Bonchev–Trinajstić information content (AvgIpc) is 3.50. The molecule has 2 aliphatic rings. The summed E-state index contributed by atoms with van der Waals surface area (Å²) in [5.41, 5.74) is 0.844. The van der Waals surface area contributed by atoms with Crippen molar-refractivity contribution >= 4 is 16.7 Å². The number of piperazine rings is 1. The predicted octanol–water partition coefficient (Wildman–Crippen LogP) is 3.43. The van der Waals surface area contributed by atoms with Gasteiger partial charge in [-0.3, -0.25) is 14.6 Å². The van der Waals surface area contributed by atoms with Crippen molar-refractivity contribution in [1.82, 2.24) is 14.7 Å². The van der Waals surface area contributed by atoms with E-state index in [2.05, 4.69) is 39.8 Å². The van der Waals surface area contributed by atoms with Crippen LogP contribution >= 0.6 is 0 Å². The van der Waals surface area contributed by atoms with E-state index < -0.39 is 0 Å². The monoisotopic (exact) mass is 351 g/mol. The Bertz CT molecular complexity index is 766. The van der Waals surface area contributed by atoms with Crippen LogP contribution in [0.4, 0.5) is 0 Å². The zero-order valence-electron chi connectivity index (χ0n) is 15.7. The Morgan fingerprint density at radius 2 is 1.85 bits per heavy atom. The van der Waals surface area contributed by atoms with E-state index in [1.807, 2.05) is 24.3 Å². The number of amides is 1. The number of fused-ring (bicyclic) bond motifs is 1. The van der Waals surface area contributed by atoms with Gasteiger partial charge in [-0.15, -0.1) is 0 Å². The summed E-state index contributed by atoms with van der Waals surface area (Å²) in [5, 5.41) is 2.21. The van der Waals surface area contributed by atoms with E-state index in [0.717, 1.165) is 42.6 Å². The molecule has 4 rings (SSSR count). The maximum atomic E-state index is 13.3. The molecule has 0 bridgehead atoms. The van der Waals surface area contributed by atoms with Crippen molar-refractivity contribution < 1.29 is 4.79 Å². The molecular weight excluding hydrogens is 322 g/mol. The number of nitrogens with zero attached hydrogens (tertiary/aromatic N) is 3. The number of hydrogen-bond donors (Lipinski definition) is 0. The van der Waals surface area contributed by atoms with Gasteiger partial charge in [0.1, 0.15) is 0 Å². The maximum Gasteiger partial charge on any atom is 0.254 e. The van der Waals surface area contributed by atoms with Crippen LogP contribution in [-0.4, -0.2) is 66.0 Å². The normalized spacial score (nSPS) is 21.3. The molecule has 138 valence electrons. The molecular formula is C22H29N3O. The first kappa shape index (κ1) is 17.5. The Labute approximate surface area is 156 Å². The van der Waals surface area contributed by atoms with Gasteiger partial charge in [0.05, 0.1) is 6.67 Å². The summed E-state index contributed by atoms with van der Waals surface area (Å²) in [6.07, 6.45) is 3.63. The van der Waals surface area contributed by atoms with E-state index in [0.29, 0.717) is 6.04 Å². The molecule has 1 atom stereocenters. The van der Waals surface area contributed by atoms with Crippen LogP contribution in [0.3, 0.4) is 0 Å². The van der Waals surface area contributed by atoms with Gasteiger partial charge in [-0.2, -0.15) is 0 Å². The Morgan fingerprint density at radius 3 is 2.65 bits per heavy atom. The number of carbonyl (C=O) groups excluding carboxylic acids is 1. The van der Waals surface area contributed by atoms with Crippen LogP contribution < -0.4 is 0 Å². The fourth-order valence-electron chi connectivity index (χ4n) is 4.03. The number of hydrogen-bond acceptors (Lipinski definition) is 3. The molecule has 2 aromatic rings. The van der Waals surface area contributed by atoms with E-state index in [9.17, 15) is 4.79 Å². The molecule has 26 heavy (non-hydrogen) atoms.